The molecule has 0 N–H and O–H groups in total. The fourth-order valence-corrected chi connectivity index (χ4v) is 8.98. The van der Waals surface area contributed by atoms with Crippen molar-refractivity contribution in [1.29, 1.82) is 0 Å². The zero-order valence-corrected chi connectivity index (χ0v) is 51.6. The van der Waals surface area contributed by atoms with E-state index < -0.39 is 6.10 Å². The second kappa shape index (κ2) is 66.3. The number of hydrogen-bond donors (Lipinski definition) is 0. The first-order chi connectivity index (χ1) is 39.0. The van der Waals surface area contributed by atoms with Crippen LogP contribution >= 0.6 is 0 Å². The van der Waals surface area contributed by atoms with Crippen LogP contribution in [0.5, 0.6) is 0 Å². The predicted octanol–water partition coefficient (Wildman–Crippen LogP) is 22.8. The zero-order valence-electron chi connectivity index (χ0n) is 51.6. The van der Waals surface area contributed by atoms with Gasteiger partial charge in [0.2, 0.25) is 0 Å². The third-order valence-electron chi connectivity index (χ3n) is 13.9. The summed E-state index contributed by atoms with van der Waals surface area (Å²) in [4.78, 5) is 38.4. The third kappa shape index (κ3) is 64.5. The van der Waals surface area contributed by atoms with Crippen molar-refractivity contribution in [2.45, 2.75) is 309 Å². The molecule has 0 aromatic rings. The number of ether oxygens (including phenoxy) is 3. The smallest absolute Gasteiger partial charge is 0.306 e. The van der Waals surface area contributed by atoms with Crippen LogP contribution < -0.4 is 0 Å². The van der Waals surface area contributed by atoms with Crippen molar-refractivity contribution in [1.82, 2.24) is 0 Å². The van der Waals surface area contributed by atoms with Gasteiger partial charge in [-0.2, -0.15) is 0 Å². The quantitative estimate of drug-likeness (QED) is 0.0261. The number of carbonyl (C=O) groups excluding carboxylic acids is 3. The van der Waals surface area contributed by atoms with Gasteiger partial charge in [0.15, 0.2) is 6.10 Å². The van der Waals surface area contributed by atoms with Gasteiger partial charge in [0.25, 0.3) is 0 Å². The summed E-state index contributed by atoms with van der Waals surface area (Å²) in [5, 5.41) is 0. The molecular weight excluding hydrogens is 973 g/mol. The van der Waals surface area contributed by atoms with Crippen LogP contribution in [-0.4, -0.2) is 37.2 Å². The molecule has 0 heterocycles. The molecule has 0 aromatic heterocycles. The summed E-state index contributed by atoms with van der Waals surface area (Å²) in [6, 6.07) is 0. The van der Waals surface area contributed by atoms with Gasteiger partial charge in [-0.3, -0.25) is 14.4 Å². The Morgan fingerprint density at radius 1 is 0.266 bits per heavy atom. The summed E-state index contributed by atoms with van der Waals surface area (Å²) in [7, 11) is 0. The Labute approximate surface area is 488 Å². The van der Waals surface area contributed by atoms with Gasteiger partial charge in [0.05, 0.1) is 0 Å². The van der Waals surface area contributed by atoms with E-state index >= 15 is 0 Å². The average molecular weight is 1100 g/mol. The zero-order chi connectivity index (χ0) is 57.1. The van der Waals surface area contributed by atoms with Gasteiger partial charge >= 0.3 is 17.9 Å². The lowest BCUT2D eigenvalue weighted by molar-refractivity contribution is -0.167. The summed E-state index contributed by atoms with van der Waals surface area (Å²) in [5.41, 5.74) is 0. The third-order valence-corrected chi connectivity index (χ3v) is 13.9. The molecule has 1 atom stereocenters. The van der Waals surface area contributed by atoms with Crippen LogP contribution in [-0.2, 0) is 28.6 Å². The molecule has 6 heteroatoms. The maximum Gasteiger partial charge on any atom is 0.306 e. The molecule has 0 radical (unpaired) electrons. The van der Waals surface area contributed by atoms with E-state index in [1.54, 1.807) is 0 Å². The lowest BCUT2D eigenvalue weighted by Crippen LogP contribution is -2.30. The van der Waals surface area contributed by atoms with Crippen molar-refractivity contribution in [3.05, 3.63) is 122 Å². The molecule has 450 valence electrons. The van der Waals surface area contributed by atoms with Gasteiger partial charge in [-0.25, -0.2) is 0 Å². The molecule has 0 saturated carbocycles. The standard InChI is InChI=1S/C73H122O6/c1-4-7-10-13-16-19-22-25-28-30-32-33-34-35-36-37-38-39-41-42-45-48-51-54-57-60-63-66-72(75)78-69-70(68-77-71(74)65-62-59-56-53-50-47-44-27-24-21-18-15-12-9-6-3)79-73(76)67-64-61-58-55-52-49-46-43-40-31-29-26-23-20-17-14-11-8-5-2/h7,10,16-21,25-29,32-33,35-36,38-39,44,70H,4-6,8-9,11-15,22-24,30-31,34,37,40-43,45-69H2,1-3H3/b10-7-,19-16-,20-17-,21-18-,28-25-,29-26-,33-32-,36-35-,39-38-,44-27-. The van der Waals surface area contributed by atoms with Gasteiger partial charge in [0, 0.05) is 19.3 Å². The first-order valence-electron chi connectivity index (χ1n) is 33.0. The highest BCUT2D eigenvalue weighted by molar-refractivity contribution is 5.71. The Morgan fingerprint density at radius 3 is 0.772 bits per heavy atom. The maximum atomic E-state index is 12.9. The van der Waals surface area contributed by atoms with E-state index in [4.69, 9.17) is 14.2 Å². The molecule has 1 unspecified atom stereocenters. The van der Waals surface area contributed by atoms with Gasteiger partial charge in [-0.1, -0.05) is 271 Å². The highest BCUT2D eigenvalue weighted by atomic mass is 16.6. The minimum absolute atomic E-state index is 0.0903. The highest BCUT2D eigenvalue weighted by Gasteiger charge is 2.19. The van der Waals surface area contributed by atoms with Crippen molar-refractivity contribution < 1.29 is 28.6 Å². The topological polar surface area (TPSA) is 78.9 Å². The number of carbonyl (C=O) groups is 3. The van der Waals surface area contributed by atoms with Crippen LogP contribution in [0.15, 0.2) is 122 Å². The Hall–Kier alpha value is -4.19. The summed E-state index contributed by atoms with van der Waals surface area (Å²) in [6.07, 6.45) is 92.0. The first-order valence-corrected chi connectivity index (χ1v) is 33.0. The van der Waals surface area contributed by atoms with Crippen molar-refractivity contribution in [2.75, 3.05) is 13.2 Å². The minimum Gasteiger partial charge on any atom is -0.462 e. The van der Waals surface area contributed by atoms with Gasteiger partial charge < -0.3 is 14.2 Å². The van der Waals surface area contributed by atoms with E-state index in [9.17, 15) is 14.4 Å². The second-order valence-electron chi connectivity index (χ2n) is 21.6. The first kappa shape index (κ1) is 74.8. The lowest BCUT2D eigenvalue weighted by Gasteiger charge is -2.18. The Morgan fingerprint density at radius 2 is 0.494 bits per heavy atom. The van der Waals surface area contributed by atoms with E-state index in [1.165, 1.54) is 128 Å². The van der Waals surface area contributed by atoms with Crippen molar-refractivity contribution >= 4 is 17.9 Å². The fourth-order valence-electron chi connectivity index (χ4n) is 8.98. The number of rotatable bonds is 59. The summed E-state index contributed by atoms with van der Waals surface area (Å²) < 4.78 is 16.9. The van der Waals surface area contributed by atoms with Gasteiger partial charge in [-0.15, -0.1) is 0 Å². The molecule has 0 amide bonds. The molecule has 0 spiro atoms. The number of esters is 3. The molecule has 6 nitrogen and oxygen atoms in total. The maximum absolute atomic E-state index is 12.9. The molecule has 0 saturated heterocycles. The predicted molar refractivity (Wildman–Crippen MR) is 343 cm³/mol. The SMILES string of the molecule is CC/C=C\C/C=C\C/C=C\C/C=C\C/C=C\C/C=C\CCCCCCCCCCC(=O)OCC(COC(=O)CCCCCCC/C=C\C/C=C\CCCCC)OC(=O)CCCCCCCCCCC/C=C\C/C=C\CCCCC. The summed E-state index contributed by atoms with van der Waals surface area (Å²) in [5.74, 6) is -0.909. The Balaban J connectivity index is 4.38. The number of hydrogen-bond acceptors (Lipinski definition) is 6. The number of allylic oxidation sites excluding steroid dienone is 20. The van der Waals surface area contributed by atoms with Crippen LogP contribution in [0.1, 0.15) is 303 Å². The number of unbranched alkanes of at least 4 members (excludes halogenated alkanes) is 28. The summed E-state index contributed by atoms with van der Waals surface area (Å²) in [6.45, 7) is 6.47. The van der Waals surface area contributed by atoms with Crippen molar-refractivity contribution in [3.8, 4) is 0 Å². The molecule has 0 aliphatic heterocycles. The Kier molecular flexibility index (Phi) is 62.8. The minimum atomic E-state index is -0.794. The Bertz CT molecular complexity index is 1640. The molecule has 0 rings (SSSR count). The van der Waals surface area contributed by atoms with Gasteiger partial charge in [-0.05, 0) is 135 Å². The molecule has 0 aromatic carbocycles. The van der Waals surface area contributed by atoms with Crippen molar-refractivity contribution in [2.24, 2.45) is 0 Å². The normalized spacial score (nSPS) is 12.9. The van der Waals surface area contributed by atoms with Crippen LogP contribution in [0.3, 0.4) is 0 Å². The average Bonchev–Trinajstić information content (AvgIpc) is 3.45. The fraction of sp³-hybridized carbons (Fsp3) is 0.685. The summed E-state index contributed by atoms with van der Waals surface area (Å²) >= 11 is 0. The van der Waals surface area contributed by atoms with E-state index in [2.05, 4.69) is 142 Å². The van der Waals surface area contributed by atoms with E-state index in [-0.39, 0.29) is 31.1 Å². The van der Waals surface area contributed by atoms with Gasteiger partial charge in [0.1, 0.15) is 13.2 Å². The molecule has 0 aliphatic carbocycles. The monoisotopic (exact) mass is 1090 g/mol. The van der Waals surface area contributed by atoms with E-state index in [1.807, 2.05) is 0 Å². The molecule has 79 heavy (non-hydrogen) atoms. The van der Waals surface area contributed by atoms with Crippen LogP contribution in [0, 0.1) is 0 Å². The largest absolute Gasteiger partial charge is 0.462 e. The second-order valence-corrected chi connectivity index (χ2v) is 21.6. The molecule has 0 bridgehead atoms. The molecule has 0 fully saturated rings. The molecular formula is C73H122O6. The van der Waals surface area contributed by atoms with E-state index in [0.717, 1.165) is 135 Å². The van der Waals surface area contributed by atoms with E-state index in [0.29, 0.717) is 19.3 Å². The highest BCUT2D eigenvalue weighted by Crippen LogP contribution is 2.15. The van der Waals surface area contributed by atoms with Crippen molar-refractivity contribution in [3.63, 3.8) is 0 Å². The van der Waals surface area contributed by atoms with Crippen LogP contribution in [0.25, 0.3) is 0 Å². The van der Waals surface area contributed by atoms with Crippen LogP contribution in [0.4, 0.5) is 0 Å². The lowest BCUT2D eigenvalue weighted by atomic mass is 10.1. The molecule has 0 aliphatic rings. The van der Waals surface area contributed by atoms with Crippen LogP contribution in [0.2, 0.25) is 0 Å².